The van der Waals surface area contributed by atoms with Crippen LogP contribution in [0.1, 0.15) is 18.1 Å². The van der Waals surface area contributed by atoms with E-state index in [2.05, 4.69) is 0 Å². The highest BCUT2D eigenvalue weighted by Crippen LogP contribution is 2.19. The Labute approximate surface area is 82.9 Å². The van der Waals surface area contributed by atoms with Gasteiger partial charge in [-0.2, -0.15) is 0 Å². The predicted octanol–water partition coefficient (Wildman–Crippen LogP) is 1.79. The molecule has 0 unspecified atom stereocenters. The van der Waals surface area contributed by atoms with Crippen LogP contribution in [-0.2, 0) is 6.42 Å². The lowest BCUT2D eigenvalue weighted by atomic mass is 10.0. The molecule has 4 heteroatoms. The average Bonchev–Trinajstić information content (AvgIpc) is 2.07. The number of aryl methyl sites for hydroxylation is 1. The van der Waals surface area contributed by atoms with Crippen molar-refractivity contribution >= 4 is 5.69 Å². The van der Waals surface area contributed by atoms with Crippen molar-refractivity contribution in [1.82, 2.24) is 0 Å². The summed E-state index contributed by atoms with van der Waals surface area (Å²) in [5, 5.41) is 10.6. The van der Waals surface area contributed by atoms with E-state index in [0.29, 0.717) is 12.0 Å². The van der Waals surface area contributed by atoms with Crippen molar-refractivity contribution in [3.05, 3.63) is 39.4 Å². The van der Waals surface area contributed by atoms with Gasteiger partial charge in [-0.25, -0.2) is 0 Å². The molecule has 1 aromatic rings. The van der Waals surface area contributed by atoms with Crippen molar-refractivity contribution in [3.8, 4) is 0 Å². The van der Waals surface area contributed by atoms with Crippen molar-refractivity contribution in [2.75, 3.05) is 0 Å². The van der Waals surface area contributed by atoms with Crippen molar-refractivity contribution in [2.45, 2.75) is 26.3 Å². The highest BCUT2D eigenvalue weighted by atomic mass is 16.6. The van der Waals surface area contributed by atoms with Crippen LogP contribution in [0.5, 0.6) is 0 Å². The fourth-order valence-corrected chi connectivity index (χ4v) is 1.35. The van der Waals surface area contributed by atoms with Gasteiger partial charge in [0, 0.05) is 17.7 Å². The first kappa shape index (κ1) is 10.7. The van der Waals surface area contributed by atoms with E-state index in [-0.39, 0.29) is 16.7 Å². The minimum absolute atomic E-state index is 0.0253. The minimum atomic E-state index is -0.361. The molecular formula is C10H14N2O2. The lowest BCUT2D eigenvalue weighted by molar-refractivity contribution is -0.385. The molecule has 14 heavy (non-hydrogen) atoms. The maximum Gasteiger partial charge on any atom is 0.272 e. The number of hydrogen-bond donors (Lipinski definition) is 1. The third-order valence-corrected chi connectivity index (χ3v) is 2.03. The molecule has 1 atom stereocenters. The highest BCUT2D eigenvalue weighted by molar-refractivity contribution is 5.42. The van der Waals surface area contributed by atoms with E-state index in [4.69, 9.17) is 5.73 Å². The number of nitro groups is 1. The molecule has 0 spiro atoms. The molecule has 0 radical (unpaired) electrons. The number of benzene rings is 1. The summed E-state index contributed by atoms with van der Waals surface area (Å²) < 4.78 is 0. The van der Waals surface area contributed by atoms with Gasteiger partial charge in [-0.3, -0.25) is 10.1 Å². The lowest BCUT2D eigenvalue weighted by Gasteiger charge is -2.05. The molecule has 0 amide bonds. The van der Waals surface area contributed by atoms with Gasteiger partial charge in [0.2, 0.25) is 0 Å². The highest BCUT2D eigenvalue weighted by Gasteiger charge is 2.11. The maximum atomic E-state index is 10.6. The lowest BCUT2D eigenvalue weighted by Crippen LogP contribution is -2.17. The summed E-state index contributed by atoms with van der Waals surface area (Å²) in [6, 6.07) is 5.26. The van der Waals surface area contributed by atoms with Crippen molar-refractivity contribution in [3.63, 3.8) is 0 Å². The molecule has 0 aliphatic carbocycles. The Balaban J connectivity index is 3.00. The standard InChI is InChI=1S/C10H14N2O2/c1-7-3-4-9(5-8(2)11)6-10(7)12(13)14/h3-4,6,8H,5,11H2,1-2H3/t8-/m0/s1. The van der Waals surface area contributed by atoms with Gasteiger partial charge in [0.25, 0.3) is 5.69 Å². The molecule has 0 fully saturated rings. The summed E-state index contributed by atoms with van der Waals surface area (Å²) in [6.45, 7) is 3.61. The number of nitrogens with zero attached hydrogens (tertiary/aromatic N) is 1. The molecule has 0 bridgehead atoms. The van der Waals surface area contributed by atoms with Crippen LogP contribution < -0.4 is 5.73 Å². The SMILES string of the molecule is Cc1ccc(C[C@H](C)N)cc1[N+](=O)[O-]. The van der Waals surface area contributed by atoms with Gasteiger partial charge in [0.05, 0.1) is 4.92 Å². The monoisotopic (exact) mass is 194 g/mol. The van der Waals surface area contributed by atoms with Gasteiger partial charge in [0.1, 0.15) is 0 Å². The number of rotatable bonds is 3. The topological polar surface area (TPSA) is 69.2 Å². The van der Waals surface area contributed by atoms with Crippen molar-refractivity contribution in [2.24, 2.45) is 5.73 Å². The van der Waals surface area contributed by atoms with E-state index in [1.165, 1.54) is 0 Å². The van der Waals surface area contributed by atoms with Crippen LogP contribution in [0, 0.1) is 17.0 Å². The number of hydrogen-bond acceptors (Lipinski definition) is 3. The molecule has 0 aliphatic rings. The number of nitro benzene ring substituents is 1. The zero-order valence-corrected chi connectivity index (χ0v) is 8.36. The molecule has 0 saturated carbocycles. The zero-order chi connectivity index (χ0) is 10.7. The largest absolute Gasteiger partial charge is 0.328 e. The summed E-state index contributed by atoms with van der Waals surface area (Å²) in [7, 11) is 0. The van der Waals surface area contributed by atoms with Crippen molar-refractivity contribution < 1.29 is 4.92 Å². The fraction of sp³-hybridized carbons (Fsp3) is 0.400. The summed E-state index contributed by atoms with van der Waals surface area (Å²) in [5.74, 6) is 0. The molecule has 1 rings (SSSR count). The van der Waals surface area contributed by atoms with Crippen LogP contribution in [0.2, 0.25) is 0 Å². The first-order chi connectivity index (χ1) is 6.50. The molecule has 0 saturated heterocycles. The average molecular weight is 194 g/mol. The van der Waals surface area contributed by atoms with Crippen LogP contribution in [0.15, 0.2) is 18.2 Å². The van der Waals surface area contributed by atoms with E-state index < -0.39 is 0 Å². The Kier molecular flexibility index (Phi) is 3.19. The van der Waals surface area contributed by atoms with E-state index in [0.717, 1.165) is 5.56 Å². The Hall–Kier alpha value is -1.42. The molecule has 4 nitrogen and oxygen atoms in total. The smallest absolute Gasteiger partial charge is 0.272 e. The molecule has 0 aliphatic heterocycles. The third-order valence-electron chi connectivity index (χ3n) is 2.03. The van der Waals surface area contributed by atoms with Crippen LogP contribution >= 0.6 is 0 Å². The molecular weight excluding hydrogens is 180 g/mol. The first-order valence-electron chi connectivity index (χ1n) is 4.50. The summed E-state index contributed by atoms with van der Waals surface area (Å²) in [5.41, 5.74) is 7.39. The Bertz CT molecular complexity index is 348. The van der Waals surface area contributed by atoms with E-state index in [1.807, 2.05) is 13.0 Å². The maximum absolute atomic E-state index is 10.6. The third kappa shape index (κ3) is 2.53. The number of nitrogens with two attached hydrogens (primary N) is 1. The van der Waals surface area contributed by atoms with Gasteiger partial charge in [-0.05, 0) is 25.8 Å². The molecule has 1 aromatic carbocycles. The van der Waals surface area contributed by atoms with E-state index in [9.17, 15) is 10.1 Å². The molecule has 2 N–H and O–H groups in total. The fourth-order valence-electron chi connectivity index (χ4n) is 1.35. The second-order valence-electron chi connectivity index (χ2n) is 3.56. The Morgan fingerprint density at radius 3 is 2.71 bits per heavy atom. The van der Waals surface area contributed by atoms with Gasteiger partial charge >= 0.3 is 0 Å². The normalized spacial score (nSPS) is 12.5. The molecule has 76 valence electrons. The van der Waals surface area contributed by atoms with Crippen LogP contribution in [-0.4, -0.2) is 11.0 Å². The van der Waals surface area contributed by atoms with Gasteiger partial charge in [-0.1, -0.05) is 12.1 Å². The Morgan fingerprint density at radius 2 is 2.21 bits per heavy atom. The summed E-state index contributed by atoms with van der Waals surface area (Å²) >= 11 is 0. The predicted molar refractivity (Wildman–Crippen MR) is 55.2 cm³/mol. The van der Waals surface area contributed by atoms with E-state index >= 15 is 0 Å². The summed E-state index contributed by atoms with van der Waals surface area (Å²) in [4.78, 5) is 10.3. The minimum Gasteiger partial charge on any atom is -0.328 e. The second kappa shape index (κ2) is 4.19. The molecule has 0 aromatic heterocycles. The van der Waals surface area contributed by atoms with Crippen molar-refractivity contribution in [1.29, 1.82) is 0 Å². The zero-order valence-electron chi connectivity index (χ0n) is 8.36. The second-order valence-corrected chi connectivity index (χ2v) is 3.56. The first-order valence-corrected chi connectivity index (χ1v) is 4.50. The molecule has 0 heterocycles. The van der Waals surface area contributed by atoms with Gasteiger partial charge in [0.15, 0.2) is 0 Å². The summed E-state index contributed by atoms with van der Waals surface area (Å²) in [6.07, 6.45) is 0.668. The van der Waals surface area contributed by atoms with Crippen LogP contribution in [0.3, 0.4) is 0 Å². The van der Waals surface area contributed by atoms with Gasteiger partial charge < -0.3 is 5.73 Å². The quantitative estimate of drug-likeness (QED) is 0.589. The van der Waals surface area contributed by atoms with Crippen LogP contribution in [0.4, 0.5) is 5.69 Å². The van der Waals surface area contributed by atoms with E-state index in [1.54, 1.807) is 19.1 Å². The van der Waals surface area contributed by atoms with Gasteiger partial charge in [-0.15, -0.1) is 0 Å². The van der Waals surface area contributed by atoms with Crippen LogP contribution in [0.25, 0.3) is 0 Å². The Morgan fingerprint density at radius 1 is 1.57 bits per heavy atom.